The van der Waals surface area contributed by atoms with Crippen LogP contribution in [0, 0.1) is 5.82 Å². The van der Waals surface area contributed by atoms with Gasteiger partial charge in [-0.3, -0.25) is 9.48 Å². The number of hydrogen-bond acceptors (Lipinski definition) is 7. The van der Waals surface area contributed by atoms with Crippen molar-refractivity contribution in [1.29, 1.82) is 0 Å². The number of aromatic nitrogens is 7. The fraction of sp³-hybridized carbons (Fsp3) is 0.111. The molecule has 4 rings (SSSR count). The van der Waals surface area contributed by atoms with Gasteiger partial charge in [0, 0.05) is 24.2 Å². The van der Waals surface area contributed by atoms with Gasteiger partial charge in [0.25, 0.3) is 5.91 Å². The Bertz CT molecular complexity index is 1130. The van der Waals surface area contributed by atoms with Crippen LogP contribution in [0.5, 0.6) is 0 Å². The van der Waals surface area contributed by atoms with Gasteiger partial charge in [-0.25, -0.2) is 24.0 Å². The minimum Gasteiger partial charge on any atom is -0.304 e. The molecule has 0 aliphatic heterocycles. The van der Waals surface area contributed by atoms with E-state index in [2.05, 4.69) is 30.5 Å². The smallest absolute Gasteiger partial charge is 0.278 e. The van der Waals surface area contributed by atoms with Crippen LogP contribution in [0.2, 0.25) is 0 Å². The number of rotatable bonds is 6. The van der Waals surface area contributed by atoms with E-state index < -0.39 is 5.91 Å². The summed E-state index contributed by atoms with van der Waals surface area (Å²) in [5.74, 6) is -0.378. The van der Waals surface area contributed by atoms with Gasteiger partial charge in [-0.05, 0) is 24.3 Å². The van der Waals surface area contributed by atoms with Crippen molar-refractivity contribution in [2.75, 3.05) is 5.32 Å². The number of aryl methyl sites for hydroxylation is 1. The maximum atomic E-state index is 13.2. The first-order chi connectivity index (χ1) is 14.1. The zero-order chi connectivity index (χ0) is 20.2. The molecule has 0 bridgehead atoms. The van der Waals surface area contributed by atoms with Crippen LogP contribution in [-0.4, -0.2) is 40.4 Å². The molecule has 146 valence electrons. The van der Waals surface area contributed by atoms with E-state index in [-0.39, 0.29) is 11.5 Å². The summed E-state index contributed by atoms with van der Waals surface area (Å²) in [6.45, 7) is 0.318. The maximum absolute atomic E-state index is 13.2. The van der Waals surface area contributed by atoms with Crippen molar-refractivity contribution in [2.24, 2.45) is 7.05 Å². The highest BCUT2D eigenvalue weighted by Gasteiger charge is 2.18. The third-order valence-electron chi connectivity index (χ3n) is 3.78. The molecule has 0 saturated heterocycles. The molecule has 0 aliphatic carbocycles. The van der Waals surface area contributed by atoms with E-state index >= 15 is 0 Å². The van der Waals surface area contributed by atoms with Crippen molar-refractivity contribution >= 4 is 23.5 Å². The van der Waals surface area contributed by atoms with Crippen LogP contribution in [0.3, 0.4) is 0 Å². The first-order valence-corrected chi connectivity index (χ1v) is 9.31. The predicted octanol–water partition coefficient (Wildman–Crippen LogP) is 2.39. The van der Waals surface area contributed by atoms with Gasteiger partial charge in [0.15, 0.2) is 11.5 Å². The van der Waals surface area contributed by atoms with Crippen molar-refractivity contribution in [3.05, 3.63) is 72.6 Å². The quantitative estimate of drug-likeness (QED) is 0.520. The van der Waals surface area contributed by atoms with Crippen LogP contribution in [0.1, 0.15) is 16.2 Å². The Labute approximate surface area is 169 Å². The molecule has 1 aromatic carbocycles. The third-order valence-corrected chi connectivity index (χ3v) is 4.78. The molecule has 1 amide bonds. The molecule has 0 unspecified atom stereocenters. The fourth-order valence-electron chi connectivity index (χ4n) is 2.47. The van der Waals surface area contributed by atoms with E-state index in [0.29, 0.717) is 23.1 Å². The number of halogens is 1. The Morgan fingerprint density at radius 1 is 1.24 bits per heavy atom. The number of hydrogen-bond donors (Lipinski definition) is 1. The number of benzene rings is 1. The van der Waals surface area contributed by atoms with Crippen LogP contribution in [0.25, 0.3) is 0 Å². The molecule has 0 aliphatic rings. The molecule has 3 aromatic heterocycles. The van der Waals surface area contributed by atoms with Gasteiger partial charge in [-0.1, -0.05) is 11.8 Å². The van der Waals surface area contributed by atoms with Gasteiger partial charge in [-0.15, -0.1) is 0 Å². The van der Waals surface area contributed by atoms with Gasteiger partial charge in [0.2, 0.25) is 0 Å². The lowest BCUT2D eigenvalue weighted by Crippen LogP contribution is -2.18. The molecule has 29 heavy (non-hydrogen) atoms. The molecule has 0 saturated carbocycles. The van der Waals surface area contributed by atoms with Crippen molar-refractivity contribution in [2.45, 2.75) is 16.5 Å². The second kappa shape index (κ2) is 8.19. The Hall–Kier alpha value is -3.60. The predicted molar refractivity (Wildman–Crippen MR) is 103 cm³/mol. The molecule has 0 atom stereocenters. The molecule has 11 heteroatoms. The summed E-state index contributed by atoms with van der Waals surface area (Å²) in [6.07, 6.45) is 6.26. The number of amides is 1. The van der Waals surface area contributed by atoms with Crippen LogP contribution >= 0.6 is 11.8 Å². The lowest BCUT2D eigenvalue weighted by molar-refractivity contribution is 0.101. The van der Waals surface area contributed by atoms with Gasteiger partial charge in [0.05, 0.1) is 18.4 Å². The average Bonchev–Trinajstić information content (AvgIpc) is 3.36. The van der Waals surface area contributed by atoms with Gasteiger partial charge in [-0.2, -0.15) is 10.2 Å². The molecule has 0 fully saturated rings. The van der Waals surface area contributed by atoms with E-state index in [0.717, 1.165) is 4.90 Å². The second-order valence-electron chi connectivity index (χ2n) is 5.99. The maximum Gasteiger partial charge on any atom is 0.278 e. The highest BCUT2D eigenvalue weighted by atomic mass is 32.2. The van der Waals surface area contributed by atoms with E-state index in [9.17, 15) is 9.18 Å². The summed E-state index contributed by atoms with van der Waals surface area (Å²) in [6, 6.07) is 7.61. The van der Waals surface area contributed by atoms with E-state index in [1.165, 1.54) is 30.2 Å². The van der Waals surface area contributed by atoms with Crippen molar-refractivity contribution in [3.8, 4) is 0 Å². The zero-order valence-corrected chi connectivity index (χ0v) is 16.0. The molecular formula is C18H15FN8OS. The lowest BCUT2D eigenvalue weighted by Gasteiger charge is -2.09. The molecule has 4 aromatic rings. The average molecular weight is 410 g/mol. The van der Waals surface area contributed by atoms with Crippen molar-refractivity contribution in [1.82, 2.24) is 34.5 Å². The molecule has 1 N–H and O–H groups in total. The number of anilines is 1. The first-order valence-electron chi connectivity index (χ1n) is 8.49. The normalized spacial score (nSPS) is 10.8. The number of nitrogens with one attached hydrogen (secondary N) is 1. The van der Waals surface area contributed by atoms with E-state index in [4.69, 9.17) is 0 Å². The zero-order valence-electron chi connectivity index (χ0n) is 15.2. The summed E-state index contributed by atoms with van der Waals surface area (Å²) in [5, 5.41) is 11.3. The topological polar surface area (TPSA) is 103 Å². The van der Waals surface area contributed by atoms with Gasteiger partial charge >= 0.3 is 0 Å². The first kappa shape index (κ1) is 18.7. The van der Waals surface area contributed by atoms with Crippen molar-refractivity contribution in [3.63, 3.8) is 0 Å². The summed E-state index contributed by atoms with van der Waals surface area (Å²) >= 11 is 1.22. The lowest BCUT2D eigenvalue weighted by atomic mass is 10.3. The number of carbonyl (C=O) groups is 1. The molecule has 3 heterocycles. The van der Waals surface area contributed by atoms with Crippen LogP contribution in [0.4, 0.5) is 10.2 Å². The SMILES string of the molecule is Cn1ccc(NC(=O)c2nc(Cn3cncn3)cnc2Sc2ccc(F)cc2)n1. The summed E-state index contributed by atoms with van der Waals surface area (Å²) < 4.78 is 16.3. The Morgan fingerprint density at radius 3 is 2.76 bits per heavy atom. The summed E-state index contributed by atoms with van der Waals surface area (Å²) in [4.78, 5) is 26.4. The highest BCUT2D eigenvalue weighted by Crippen LogP contribution is 2.28. The van der Waals surface area contributed by atoms with Crippen LogP contribution in [0.15, 0.2) is 65.3 Å². The largest absolute Gasteiger partial charge is 0.304 e. The summed E-state index contributed by atoms with van der Waals surface area (Å²) in [7, 11) is 1.75. The van der Waals surface area contributed by atoms with E-state index in [1.54, 1.807) is 53.3 Å². The monoisotopic (exact) mass is 410 g/mol. The molecule has 0 spiro atoms. The Kier molecular flexibility index (Phi) is 5.29. The molecule has 9 nitrogen and oxygen atoms in total. The van der Waals surface area contributed by atoms with Crippen LogP contribution in [-0.2, 0) is 13.6 Å². The summed E-state index contributed by atoms with van der Waals surface area (Å²) in [5.41, 5.74) is 0.688. The van der Waals surface area contributed by atoms with Crippen molar-refractivity contribution < 1.29 is 9.18 Å². The third kappa shape index (κ3) is 4.63. The highest BCUT2D eigenvalue weighted by molar-refractivity contribution is 7.99. The molecular weight excluding hydrogens is 395 g/mol. The van der Waals surface area contributed by atoms with Gasteiger partial charge in [0.1, 0.15) is 23.5 Å². The standard InChI is InChI=1S/C18H15FN8OS/c1-26-7-6-15(25-26)24-17(28)16-18(29-14-4-2-12(19)3-5-14)21-8-13(23-16)9-27-11-20-10-22-27/h2-8,10-11H,9H2,1H3,(H,24,25,28). The Morgan fingerprint density at radius 2 is 2.07 bits per heavy atom. The fourth-order valence-corrected chi connectivity index (χ4v) is 3.30. The minimum absolute atomic E-state index is 0.141. The minimum atomic E-state index is -0.443. The number of carbonyl (C=O) groups excluding carboxylic acids is 1. The van der Waals surface area contributed by atoms with E-state index in [1.807, 2.05) is 0 Å². The second-order valence-corrected chi connectivity index (χ2v) is 7.06. The number of nitrogens with zero attached hydrogens (tertiary/aromatic N) is 7. The Balaban J connectivity index is 1.64. The van der Waals surface area contributed by atoms with Crippen LogP contribution < -0.4 is 5.32 Å². The molecule has 0 radical (unpaired) electrons. The van der Waals surface area contributed by atoms with Gasteiger partial charge < -0.3 is 5.32 Å².